The minimum absolute atomic E-state index is 0.0661. The zero-order valence-electron chi connectivity index (χ0n) is 15.5. The monoisotopic (exact) mass is 443 g/mol. The molecular formula is C20H14FN3O4S2. The van der Waals surface area contributed by atoms with Gasteiger partial charge in [-0.3, -0.25) is 9.59 Å². The van der Waals surface area contributed by atoms with Crippen molar-refractivity contribution in [1.82, 2.24) is 9.78 Å². The summed E-state index contributed by atoms with van der Waals surface area (Å²) in [5.41, 5.74) is -0.341. The van der Waals surface area contributed by atoms with Gasteiger partial charge in [0.15, 0.2) is 5.69 Å². The van der Waals surface area contributed by atoms with E-state index >= 15 is 0 Å². The van der Waals surface area contributed by atoms with Crippen LogP contribution in [-0.4, -0.2) is 28.3 Å². The molecule has 7 nitrogen and oxygen atoms in total. The van der Waals surface area contributed by atoms with Crippen LogP contribution in [0, 0.1) is 5.82 Å². The molecule has 0 radical (unpaired) electrons. The van der Waals surface area contributed by atoms with E-state index in [1.165, 1.54) is 35.6 Å². The van der Waals surface area contributed by atoms with Gasteiger partial charge in [-0.15, -0.1) is 22.7 Å². The number of hydrogen-bond donors (Lipinski definition) is 1. The number of ether oxygens (including phenoxy) is 1. The van der Waals surface area contributed by atoms with E-state index in [-0.39, 0.29) is 39.7 Å². The molecule has 4 aromatic rings. The van der Waals surface area contributed by atoms with Crippen molar-refractivity contribution in [2.24, 2.45) is 0 Å². The van der Waals surface area contributed by atoms with Crippen LogP contribution >= 0.6 is 22.7 Å². The molecule has 0 atom stereocenters. The third-order valence-corrected chi connectivity index (χ3v) is 5.93. The third-order valence-electron chi connectivity index (χ3n) is 4.16. The lowest BCUT2D eigenvalue weighted by Gasteiger charge is -2.09. The molecule has 0 unspecified atom stereocenters. The van der Waals surface area contributed by atoms with Gasteiger partial charge in [-0.05, 0) is 42.6 Å². The van der Waals surface area contributed by atoms with Gasteiger partial charge < -0.3 is 10.1 Å². The van der Waals surface area contributed by atoms with Gasteiger partial charge in [-0.25, -0.2) is 9.18 Å². The van der Waals surface area contributed by atoms with Crippen molar-refractivity contribution in [1.29, 1.82) is 0 Å². The number of nitrogens with one attached hydrogen (secondary N) is 1. The summed E-state index contributed by atoms with van der Waals surface area (Å²) < 4.78 is 19.4. The summed E-state index contributed by atoms with van der Waals surface area (Å²) in [5.74, 6) is -1.54. The molecule has 0 aliphatic heterocycles. The number of rotatable bonds is 5. The topological polar surface area (TPSA) is 90.3 Å². The van der Waals surface area contributed by atoms with Gasteiger partial charge in [0.2, 0.25) is 0 Å². The fraction of sp³-hybridized carbons (Fsp3) is 0.100. The van der Waals surface area contributed by atoms with E-state index in [1.807, 2.05) is 0 Å². The molecule has 0 bridgehead atoms. The molecular weight excluding hydrogens is 429 g/mol. The van der Waals surface area contributed by atoms with Crippen molar-refractivity contribution >= 4 is 50.3 Å². The molecule has 3 heterocycles. The molecule has 152 valence electrons. The Bertz CT molecular complexity index is 1290. The van der Waals surface area contributed by atoms with Gasteiger partial charge >= 0.3 is 5.97 Å². The van der Waals surface area contributed by atoms with Gasteiger partial charge in [0.25, 0.3) is 11.5 Å². The SMILES string of the molecule is CCOC(=O)c1nn(-c2ccc(F)cc2)c(=O)c2c(NC(=O)c3cccs3)scc12. The van der Waals surface area contributed by atoms with Crippen molar-refractivity contribution in [3.05, 3.63) is 73.9 Å². The van der Waals surface area contributed by atoms with E-state index in [4.69, 9.17) is 4.74 Å². The molecule has 0 aliphatic rings. The average molecular weight is 443 g/mol. The maximum atomic E-state index is 13.3. The Morgan fingerprint density at radius 3 is 2.63 bits per heavy atom. The molecule has 0 aliphatic carbocycles. The van der Waals surface area contributed by atoms with Crippen LogP contribution in [-0.2, 0) is 4.74 Å². The fourth-order valence-electron chi connectivity index (χ4n) is 2.82. The molecule has 0 saturated heterocycles. The Balaban J connectivity index is 1.91. The number of thiophene rings is 2. The van der Waals surface area contributed by atoms with Crippen LogP contribution in [0.25, 0.3) is 16.5 Å². The van der Waals surface area contributed by atoms with Gasteiger partial charge in [0, 0.05) is 10.8 Å². The summed E-state index contributed by atoms with van der Waals surface area (Å²) in [6, 6.07) is 8.53. The van der Waals surface area contributed by atoms with Gasteiger partial charge in [0.1, 0.15) is 10.8 Å². The molecule has 3 aromatic heterocycles. The molecule has 0 saturated carbocycles. The van der Waals surface area contributed by atoms with Crippen LogP contribution < -0.4 is 10.9 Å². The summed E-state index contributed by atoms with van der Waals surface area (Å²) in [6.07, 6.45) is 0. The van der Waals surface area contributed by atoms with Crippen LogP contribution in [0.15, 0.2) is 52.0 Å². The molecule has 30 heavy (non-hydrogen) atoms. The summed E-state index contributed by atoms with van der Waals surface area (Å²) in [7, 11) is 0. The predicted octanol–water partition coefficient (Wildman–Crippen LogP) is 4.08. The van der Waals surface area contributed by atoms with E-state index in [2.05, 4.69) is 10.4 Å². The van der Waals surface area contributed by atoms with Crippen LogP contribution in [0.2, 0.25) is 0 Å². The number of carbonyl (C=O) groups is 2. The maximum Gasteiger partial charge on any atom is 0.359 e. The normalized spacial score (nSPS) is 10.9. The lowest BCUT2D eigenvalue weighted by Crippen LogP contribution is -2.25. The quantitative estimate of drug-likeness (QED) is 0.470. The van der Waals surface area contributed by atoms with E-state index in [0.29, 0.717) is 4.88 Å². The molecule has 1 aromatic carbocycles. The summed E-state index contributed by atoms with van der Waals surface area (Å²) in [5, 5.41) is 10.9. The minimum Gasteiger partial charge on any atom is -0.461 e. The Labute approximate surface area is 177 Å². The third kappa shape index (κ3) is 3.62. The van der Waals surface area contributed by atoms with Crippen molar-refractivity contribution in [3.8, 4) is 5.69 Å². The van der Waals surface area contributed by atoms with Crippen molar-refractivity contribution in [2.75, 3.05) is 11.9 Å². The first kappa shape index (κ1) is 19.9. The zero-order valence-corrected chi connectivity index (χ0v) is 17.2. The van der Waals surface area contributed by atoms with Crippen molar-refractivity contribution in [3.63, 3.8) is 0 Å². The lowest BCUT2D eigenvalue weighted by atomic mass is 10.2. The smallest absolute Gasteiger partial charge is 0.359 e. The molecule has 1 amide bonds. The maximum absolute atomic E-state index is 13.3. The number of esters is 1. The van der Waals surface area contributed by atoms with Crippen LogP contribution in [0.4, 0.5) is 9.39 Å². The van der Waals surface area contributed by atoms with Crippen molar-refractivity contribution < 1.29 is 18.7 Å². The number of halogens is 1. The Morgan fingerprint density at radius 1 is 1.20 bits per heavy atom. The first-order valence-electron chi connectivity index (χ1n) is 8.82. The van der Waals surface area contributed by atoms with Gasteiger partial charge in [-0.2, -0.15) is 9.78 Å². The standard InChI is InChI=1S/C20H14FN3O4S2/c1-2-28-20(27)16-13-10-30-18(22-17(25)14-4-3-9-29-14)15(13)19(26)24(23-16)12-7-5-11(21)6-8-12/h3-10H,2H2,1H3,(H,22,25). The Kier molecular flexibility index (Phi) is 5.42. The van der Waals surface area contributed by atoms with Crippen LogP contribution in [0.5, 0.6) is 0 Å². The summed E-state index contributed by atoms with van der Waals surface area (Å²) in [6.45, 7) is 1.79. The number of amides is 1. The first-order chi connectivity index (χ1) is 14.5. The number of hydrogen-bond acceptors (Lipinski definition) is 7. The number of aromatic nitrogens is 2. The number of carbonyl (C=O) groups excluding carboxylic acids is 2. The number of benzene rings is 1. The Morgan fingerprint density at radius 2 is 1.97 bits per heavy atom. The van der Waals surface area contributed by atoms with Crippen LogP contribution in [0.3, 0.4) is 0 Å². The molecule has 10 heteroatoms. The summed E-state index contributed by atoms with van der Waals surface area (Å²) >= 11 is 2.38. The van der Waals surface area contributed by atoms with Gasteiger partial charge in [-0.1, -0.05) is 6.07 Å². The second-order valence-corrected chi connectivity index (χ2v) is 7.87. The first-order valence-corrected chi connectivity index (χ1v) is 10.6. The van der Waals surface area contributed by atoms with Gasteiger partial charge in [0.05, 0.1) is 22.6 Å². The van der Waals surface area contributed by atoms with E-state index in [1.54, 1.807) is 29.8 Å². The lowest BCUT2D eigenvalue weighted by molar-refractivity contribution is 0.0520. The van der Waals surface area contributed by atoms with Crippen LogP contribution in [0.1, 0.15) is 27.1 Å². The Hall–Kier alpha value is -3.37. The number of anilines is 1. The molecule has 1 N–H and O–H groups in total. The fourth-order valence-corrected chi connectivity index (χ4v) is 4.37. The van der Waals surface area contributed by atoms with E-state index in [9.17, 15) is 18.8 Å². The average Bonchev–Trinajstić information content (AvgIpc) is 3.40. The van der Waals surface area contributed by atoms with E-state index < -0.39 is 17.3 Å². The largest absolute Gasteiger partial charge is 0.461 e. The second-order valence-electron chi connectivity index (χ2n) is 6.05. The van der Waals surface area contributed by atoms with E-state index in [0.717, 1.165) is 16.0 Å². The highest BCUT2D eigenvalue weighted by Crippen LogP contribution is 2.31. The number of fused-ring (bicyclic) bond motifs is 1. The summed E-state index contributed by atoms with van der Waals surface area (Å²) in [4.78, 5) is 38.7. The molecule has 0 spiro atoms. The molecule has 4 rings (SSSR count). The highest BCUT2D eigenvalue weighted by molar-refractivity contribution is 7.16. The highest BCUT2D eigenvalue weighted by Gasteiger charge is 2.23. The minimum atomic E-state index is -0.702. The number of nitrogens with zero attached hydrogens (tertiary/aromatic N) is 2. The molecule has 0 fully saturated rings. The predicted molar refractivity (Wildman–Crippen MR) is 113 cm³/mol. The van der Waals surface area contributed by atoms with Crippen molar-refractivity contribution in [2.45, 2.75) is 6.92 Å². The highest BCUT2D eigenvalue weighted by atomic mass is 32.1. The second kappa shape index (κ2) is 8.17. The zero-order chi connectivity index (χ0) is 21.3.